The number of benzene rings is 2. The minimum absolute atomic E-state index is 0.124. The molecule has 0 unspecified atom stereocenters. The number of anilines is 2. The van der Waals surface area contributed by atoms with Gasteiger partial charge in [0.15, 0.2) is 4.34 Å². The number of hydrogen-bond acceptors (Lipinski definition) is 7. The van der Waals surface area contributed by atoms with E-state index in [1.165, 1.54) is 23.1 Å². The van der Waals surface area contributed by atoms with E-state index in [9.17, 15) is 9.59 Å². The number of carbonyl (C=O) groups is 2. The van der Waals surface area contributed by atoms with Gasteiger partial charge in [-0.15, -0.1) is 10.2 Å². The van der Waals surface area contributed by atoms with Gasteiger partial charge in [-0.25, -0.2) is 0 Å². The van der Waals surface area contributed by atoms with E-state index in [-0.39, 0.29) is 17.6 Å². The molecule has 1 heterocycles. The minimum Gasteiger partial charge on any atom is -0.497 e. The van der Waals surface area contributed by atoms with Gasteiger partial charge in [0.1, 0.15) is 5.75 Å². The lowest BCUT2D eigenvalue weighted by Crippen LogP contribution is -2.14. The second kappa shape index (κ2) is 9.53. The molecule has 0 aliphatic rings. The summed E-state index contributed by atoms with van der Waals surface area (Å²) >= 11 is 2.49. The Labute approximate surface area is 176 Å². The van der Waals surface area contributed by atoms with Crippen LogP contribution in [0.3, 0.4) is 0 Å². The van der Waals surface area contributed by atoms with Crippen LogP contribution in [0.25, 0.3) is 0 Å². The molecule has 0 atom stereocenters. The first-order valence-corrected chi connectivity index (χ1v) is 10.5. The number of aromatic nitrogens is 2. The molecule has 3 aromatic rings. The molecule has 1 aromatic heterocycles. The molecule has 0 radical (unpaired) electrons. The Hall–Kier alpha value is -2.91. The average Bonchev–Trinajstić information content (AvgIpc) is 3.16. The number of nitrogens with zero attached hydrogens (tertiary/aromatic N) is 2. The molecule has 0 bridgehead atoms. The Morgan fingerprint density at radius 1 is 1.10 bits per heavy atom. The van der Waals surface area contributed by atoms with Crippen molar-refractivity contribution < 1.29 is 14.3 Å². The highest BCUT2D eigenvalue weighted by molar-refractivity contribution is 8.01. The quantitative estimate of drug-likeness (QED) is 0.434. The highest BCUT2D eigenvalue weighted by Crippen LogP contribution is 2.26. The monoisotopic (exact) mass is 428 g/mol. The maximum atomic E-state index is 12.3. The highest BCUT2D eigenvalue weighted by atomic mass is 32.2. The van der Waals surface area contributed by atoms with Gasteiger partial charge in [-0.2, -0.15) is 0 Å². The maximum absolute atomic E-state index is 12.3. The van der Waals surface area contributed by atoms with Gasteiger partial charge in [0.05, 0.1) is 12.9 Å². The summed E-state index contributed by atoms with van der Waals surface area (Å²) < 4.78 is 5.72. The van der Waals surface area contributed by atoms with Gasteiger partial charge in [0.25, 0.3) is 5.91 Å². The fraction of sp³-hybridized carbons (Fsp3) is 0.200. The van der Waals surface area contributed by atoms with E-state index < -0.39 is 0 Å². The van der Waals surface area contributed by atoms with Crippen LogP contribution < -0.4 is 15.4 Å². The van der Waals surface area contributed by atoms with Gasteiger partial charge in [0.2, 0.25) is 11.0 Å². The maximum Gasteiger partial charge on any atom is 0.257 e. The molecule has 2 N–H and O–H groups in total. The summed E-state index contributed by atoms with van der Waals surface area (Å²) in [5, 5.41) is 14.0. The molecule has 0 spiro atoms. The third-order valence-corrected chi connectivity index (χ3v) is 5.92. The highest BCUT2D eigenvalue weighted by Gasteiger charge is 2.13. The number of nitrogens with one attached hydrogen (secondary N) is 2. The SMILES string of the molecule is COc1cccc(C(=O)Nc2nnc(SCC(=O)Nc3cc(C)ccc3C)s2)c1. The van der Waals surface area contributed by atoms with E-state index in [1.807, 2.05) is 32.0 Å². The molecule has 29 heavy (non-hydrogen) atoms. The van der Waals surface area contributed by atoms with Gasteiger partial charge in [0, 0.05) is 11.3 Å². The number of hydrogen-bond donors (Lipinski definition) is 2. The van der Waals surface area contributed by atoms with Gasteiger partial charge < -0.3 is 10.1 Å². The number of aryl methyl sites for hydroxylation is 2. The van der Waals surface area contributed by atoms with Crippen molar-refractivity contribution in [2.45, 2.75) is 18.2 Å². The lowest BCUT2D eigenvalue weighted by atomic mass is 10.1. The lowest BCUT2D eigenvalue weighted by molar-refractivity contribution is -0.113. The number of rotatable bonds is 7. The summed E-state index contributed by atoms with van der Waals surface area (Å²) in [6.07, 6.45) is 0. The molecule has 150 valence electrons. The van der Waals surface area contributed by atoms with E-state index >= 15 is 0 Å². The van der Waals surface area contributed by atoms with Crippen LogP contribution in [0, 0.1) is 13.8 Å². The van der Waals surface area contributed by atoms with Crippen LogP contribution in [0.2, 0.25) is 0 Å². The van der Waals surface area contributed by atoms with E-state index in [0.717, 1.165) is 16.8 Å². The molecule has 2 aromatic carbocycles. The summed E-state index contributed by atoms with van der Waals surface area (Å²) in [6, 6.07) is 12.7. The summed E-state index contributed by atoms with van der Waals surface area (Å²) in [6.45, 7) is 3.93. The molecule has 0 saturated heterocycles. The number of carbonyl (C=O) groups excluding carboxylic acids is 2. The van der Waals surface area contributed by atoms with Gasteiger partial charge in [-0.1, -0.05) is 41.3 Å². The third-order valence-electron chi connectivity index (χ3n) is 3.95. The lowest BCUT2D eigenvalue weighted by Gasteiger charge is -2.08. The first-order valence-electron chi connectivity index (χ1n) is 8.73. The van der Waals surface area contributed by atoms with Crippen molar-refractivity contribution in [1.82, 2.24) is 10.2 Å². The smallest absolute Gasteiger partial charge is 0.257 e. The van der Waals surface area contributed by atoms with Gasteiger partial charge in [-0.05, 0) is 49.2 Å². The summed E-state index contributed by atoms with van der Waals surface area (Å²) in [5.41, 5.74) is 3.35. The molecule has 3 rings (SSSR count). The second-order valence-electron chi connectivity index (χ2n) is 6.21. The molecule has 0 aliphatic carbocycles. The predicted octanol–water partition coefficient (Wildman–Crippen LogP) is 4.15. The van der Waals surface area contributed by atoms with Crippen LogP contribution in [0.1, 0.15) is 21.5 Å². The number of amides is 2. The average molecular weight is 429 g/mol. The summed E-state index contributed by atoms with van der Waals surface area (Å²) in [7, 11) is 1.54. The molecule has 2 amide bonds. The zero-order chi connectivity index (χ0) is 20.8. The second-order valence-corrected chi connectivity index (χ2v) is 8.41. The summed E-state index contributed by atoms with van der Waals surface area (Å²) in [4.78, 5) is 24.5. The molecule has 9 heteroatoms. The van der Waals surface area contributed by atoms with Crippen LogP contribution in [0.4, 0.5) is 10.8 Å². The largest absolute Gasteiger partial charge is 0.497 e. The molecular weight excluding hydrogens is 408 g/mol. The Bertz CT molecular complexity index is 1040. The van der Waals surface area contributed by atoms with Crippen LogP contribution in [-0.2, 0) is 4.79 Å². The molecule has 0 fully saturated rings. The Balaban J connectivity index is 1.54. The van der Waals surface area contributed by atoms with Crippen molar-refractivity contribution in [3.8, 4) is 5.75 Å². The third kappa shape index (κ3) is 5.78. The first kappa shape index (κ1) is 20.8. The Morgan fingerprint density at radius 2 is 1.93 bits per heavy atom. The van der Waals surface area contributed by atoms with Crippen LogP contribution in [-0.4, -0.2) is 34.9 Å². The Kier molecular flexibility index (Phi) is 6.84. The minimum atomic E-state index is -0.302. The fourth-order valence-electron chi connectivity index (χ4n) is 2.44. The van der Waals surface area contributed by atoms with Crippen LogP contribution in [0.5, 0.6) is 5.75 Å². The van der Waals surface area contributed by atoms with Crippen molar-refractivity contribution >= 4 is 45.7 Å². The first-order chi connectivity index (χ1) is 13.9. The number of methoxy groups -OCH3 is 1. The van der Waals surface area contributed by atoms with Gasteiger partial charge in [-0.3, -0.25) is 14.9 Å². The van der Waals surface area contributed by atoms with Crippen LogP contribution in [0.15, 0.2) is 46.8 Å². The number of thioether (sulfide) groups is 1. The zero-order valence-corrected chi connectivity index (χ0v) is 17.8. The molecule has 0 saturated carbocycles. The van der Waals surface area contributed by atoms with E-state index in [1.54, 1.807) is 31.4 Å². The van der Waals surface area contributed by atoms with E-state index in [4.69, 9.17) is 4.74 Å². The normalized spacial score (nSPS) is 10.4. The topological polar surface area (TPSA) is 93.2 Å². The van der Waals surface area contributed by atoms with Crippen molar-refractivity contribution in [2.75, 3.05) is 23.5 Å². The Morgan fingerprint density at radius 3 is 2.72 bits per heavy atom. The summed E-state index contributed by atoms with van der Waals surface area (Å²) in [5.74, 6) is 0.373. The molecule has 7 nitrogen and oxygen atoms in total. The molecule has 0 aliphatic heterocycles. The van der Waals surface area contributed by atoms with Crippen molar-refractivity contribution in [3.63, 3.8) is 0 Å². The van der Waals surface area contributed by atoms with Gasteiger partial charge >= 0.3 is 0 Å². The van der Waals surface area contributed by atoms with Crippen molar-refractivity contribution in [1.29, 1.82) is 0 Å². The van der Waals surface area contributed by atoms with E-state index in [0.29, 0.717) is 20.8 Å². The fourth-order valence-corrected chi connectivity index (χ4v) is 3.98. The number of ether oxygens (including phenoxy) is 1. The zero-order valence-electron chi connectivity index (χ0n) is 16.2. The van der Waals surface area contributed by atoms with E-state index in [2.05, 4.69) is 20.8 Å². The van der Waals surface area contributed by atoms with Crippen molar-refractivity contribution in [3.05, 3.63) is 59.2 Å². The van der Waals surface area contributed by atoms with Crippen LogP contribution >= 0.6 is 23.1 Å². The standard InChI is InChI=1S/C20H20N4O3S2/c1-12-7-8-13(2)16(9-12)21-17(25)11-28-20-24-23-19(29-20)22-18(26)14-5-4-6-15(10-14)27-3/h4-10H,11H2,1-3H3,(H,21,25)(H,22,23,26). The van der Waals surface area contributed by atoms with Crippen molar-refractivity contribution in [2.24, 2.45) is 0 Å². The predicted molar refractivity (Wildman–Crippen MR) is 116 cm³/mol. The molecular formula is C20H20N4O3S2.